The number of amides is 1. The molecule has 0 atom stereocenters. The average Bonchev–Trinajstić information content (AvgIpc) is 2.85. The molecule has 0 aromatic heterocycles. The van der Waals surface area contributed by atoms with Crippen LogP contribution in [0.2, 0.25) is 0 Å². The number of carbonyl (C=O) groups excluding carboxylic acids is 1. The van der Waals surface area contributed by atoms with E-state index in [1.807, 2.05) is 55.5 Å². The van der Waals surface area contributed by atoms with Crippen molar-refractivity contribution in [2.24, 2.45) is 0 Å². The highest BCUT2D eigenvalue weighted by molar-refractivity contribution is 5.95. The van der Waals surface area contributed by atoms with Gasteiger partial charge in [0.15, 0.2) is 11.5 Å². The lowest BCUT2D eigenvalue weighted by Gasteiger charge is -2.24. The molecule has 0 heterocycles. The summed E-state index contributed by atoms with van der Waals surface area (Å²) in [6, 6.07) is 24.6. The number of rotatable bonds is 11. The van der Waals surface area contributed by atoms with E-state index in [9.17, 15) is 4.79 Å². The van der Waals surface area contributed by atoms with Crippen LogP contribution in [0.5, 0.6) is 11.5 Å². The zero-order valence-electron chi connectivity index (χ0n) is 21.0. The minimum absolute atomic E-state index is 0.0469. The molecule has 0 N–H and O–H groups in total. The maximum Gasteiger partial charge on any atom is 0.231 e. The molecule has 0 radical (unpaired) electrons. The van der Waals surface area contributed by atoms with Crippen molar-refractivity contribution in [2.45, 2.75) is 33.2 Å². The summed E-state index contributed by atoms with van der Waals surface area (Å²) in [4.78, 5) is 17.2. The summed E-state index contributed by atoms with van der Waals surface area (Å²) in [5.74, 6) is 1.36. The lowest BCUT2D eigenvalue weighted by Crippen LogP contribution is -2.32. The average molecular weight is 461 g/mol. The number of nitrogens with zero attached hydrogens (tertiary/aromatic N) is 2. The lowest BCUT2D eigenvalue weighted by molar-refractivity contribution is -0.117. The Hall–Kier alpha value is -3.31. The van der Waals surface area contributed by atoms with Crippen molar-refractivity contribution < 1.29 is 14.3 Å². The highest BCUT2D eigenvalue weighted by atomic mass is 16.5. The van der Waals surface area contributed by atoms with Crippen molar-refractivity contribution in [2.75, 3.05) is 38.8 Å². The number of hydrogen-bond donors (Lipinski definition) is 0. The number of carbonyl (C=O) groups is 1. The predicted molar refractivity (Wildman–Crippen MR) is 140 cm³/mol. The molecular formula is C29H36N2O3. The monoisotopic (exact) mass is 460 g/mol. The van der Waals surface area contributed by atoms with Crippen LogP contribution in [0.25, 0.3) is 11.1 Å². The summed E-state index contributed by atoms with van der Waals surface area (Å²) in [7, 11) is 3.70. The number of ether oxygens (including phenoxy) is 2. The molecule has 0 saturated heterocycles. The first-order chi connectivity index (χ1) is 16.4. The van der Waals surface area contributed by atoms with Crippen LogP contribution in [-0.2, 0) is 11.2 Å². The quantitative estimate of drug-likeness (QED) is 0.369. The first-order valence-electron chi connectivity index (χ1n) is 11.9. The second-order valence-electron chi connectivity index (χ2n) is 8.64. The molecule has 0 saturated carbocycles. The van der Waals surface area contributed by atoms with Crippen molar-refractivity contribution >= 4 is 11.6 Å². The van der Waals surface area contributed by atoms with Gasteiger partial charge in [0.1, 0.15) is 6.61 Å². The molecule has 3 aromatic rings. The maximum atomic E-state index is 13.2. The second-order valence-corrected chi connectivity index (χ2v) is 8.64. The van der Waals surface area contributed by atoms with Crippen LogP contribution >= 0.6 is 0 Å². The van der Waals surface area contributed by atoms with E-state index in [0.29, 0.717) is 37.1 Å². The number of benzene rings is 3. The fraction of sp³-hybridized carbons (Fsp3) is 0.345. The van der Waals surface area contributed by atoms with Gasteiger partial charge in [0.05, 0.1) is 13.5 Å². The van der Waals surface area contributed by atoms with Gasteiger partial charge in [-0.3, -0.25) is 4.79 Å². The fourth-order valence-corrected chi connectivity index (χ4v) is 3.72. The molecule has 180 valence electrons. The van der Waals surface area contributed by atoms with Gasteiger partial charge < -0.3 is 19.3 Å². The first-order valence-corrected chi connectivity index (χ1v) is 11.9. The molecule has 0 bridgehead atoms. The van der Waals surface area contributed by atoms with Crippen LogP contribution in [0, 0.1) is 0 Å². The summed E-state index contributed by atoms with van der Waals surface area (Å²) in [5.41, 5.74) is 4.11. The third-order valence-corrected chi connectivity index (χ3v) is 6.08. The Morgan fingerprint density at radius 2 is 1.59 bits per heavy atom. The Labute approximate surface area is 203 Å². The van der Waals surface area contributed by atoms with Crippen LogP contribution in [-0.4, -0.2) is 50.7 Å². The topological polar surface area (TPSA) is 42.0 Å². The van der Waals surface area contributed by atoms with Gasteiger partial charge in [0.2, 0.25) is 5.91 Å². The Kier molecular flexibility index (Phi) is 9.11. The van der Waals surface area contributed by atoms with E-state index in [2.05, 4.69) is 50.1 Å². The van der Waals surface area contributed by atoms with Gasteiger partial charge in [0, 0.05) is 30.9 Å². The molecule has 5 heteroatoms. The molecule has 0 unspecified atom stereocenters. The molecule has 0 fully saturated rings. The van der Waals surface area contributed by atoms with Gasteiger partial charge in [-0.2, -0.15) is 0 Å². The largest absolute Gasteiger partial charge is 0.493 e. The summed E-state index contributed by atoms with van der Waals surface area (Å²) in [6.45, 7) is 8.21. The molecule has 3 rings (SSSR count). The van der Waals surface area contributed by atoms with Gasteiger partial charge in [-0.25, -0.2) is 0 Å². The van der Waals surface area contributed by atoms with E-state index in [1.165, 1.54) is 5.56 Å². The molecule has 34 heavy (non-hydrogen) atoms. The van der Waals surface area contributed by atoms with E-state index in [1.54, 1.807) is 12.0 Å². The number of anilines is 1. The molecule has 0 spiro atoms. The highest BCUT2D eigenvalue weighted by Crippen LogP contribution is 2.32. The molecule has 0 aliphatic heterocycles. The minimum Gasteiger partial charge on any atom is -0.493 e. The van der Waals surface area contributed by atoms with Gasteiger partial charge in [-0.1, -0.05) is 54.6 Å². The zero-order valence-corrected chi connectivity index (χ0v) is 21.0. The number of hydrogen-bond acceptors (Lipinski definition) is 4. The lowest BCUT2D eigenvalue weighted by atomic mass is 10.0. The normalized spacial score (nSPS) is 11.0. The Balaban J connectivity index is 1.70. The van der Waals surface area contributed by atoms with E-state index < -0.39 is 0 Å². The van der Waals surface area contributed by atoms with E-state index in [0.717, 1.165) is 23.4 Å². The summed E-state index contributed by atoms with van der Waals surface area (Å²) in [5, 5.41) is 0. The molecule has 0 aliphatic carbocycles. The maximum absolute atomic E-state index is 13.2. The standard InChI is InChI=1S/C29H36N2O3/c1-6-31(26-16-17-27(33-5)28(21-26)34-19-18-30(4)22(2)3)29(32)20-23-12-14-25(15-13-23)24-10-8-7-9-11-24/h7-17,21-22H,6,18-20H2,1-5H3. The SMILES string of the molecule is CCN(C(=O)Cc1ccc(-c2ccccc2)cc1)c1ccc(OC)c(OCCN(C)C(C)C)c1. The Bertz CT molecular complexity index is 1050. The molecule has 3 aromatic carbocycles. The van der Waals surface area contributed by atoms with E-state index >= 15 is 0 Å². The number of methoxy groups -OCH3 is 1. The molecular weight excluding hydrogens is 424 g/mol. The van der Waals surface area contributed by atoms with Crippen LogP contribution in [0.3, 0.4) is 0 Å². The first kappa shape index (κ1) is 25.3. The minimum atomic E-state index is 0.0469. The smallest absolute Gasteiger partial charge is 0.231 e. The Morgan fingerprint density at radius 3 is 2.21 bits per heavy atom. The number of likely N-dealkylation sites (N-methyl/N-ethyl adjacent to an activating group) is 2. The molecule has 5 nitrogen and oxygen atoms in total. The van der Waals surface area contributed by atoms with Gasteiger partial charge in [-0.05, 0) is 56.6 Å². The van der Waals surface area contributed by atoms with Crippen molar-refractivity contribution in [3.05, 3.63) is 78.4 Å². The zero-order chi connectivity index (χ0) is 24.5. The second kappa shape index (κ2) is 12.2. The predicted octanol–water partition coefficient (Wildman–Crippen LogP) is 5.68. The molecule has 0 aliphatic rings. The molecule has 1 amide bonds. The van der Waals surface area contributed by atoms with Gasteiger partial charge in [-0.15, -0.1) is 0 Å². The van der Waals surface area contributed by atoms with Crippen molar-refractivity contribution in [3.8, 4) is 22.6 Å². The van der Waals surface area contributed by atoms with Crippen molar-refractivity contribution in [1.82, 2.24) is 4.90 Å². The Morgan fingerprint density at radius 1 is 0.912 bits per heavy atom. The van der Waals surface area contributed by atoms with Gasteiger partial charge >= 0.3 is 0 Å². The van der Waals surface area contributed by atoms with Crippen molar-refractivity contribution in [3.63, 3.8) is 0 Å². The third kappa shape index (κ3) is 6.61. The van der Waals surface area contributed by atoms with Gasteiger partial charge in [0.25, 0.3) is 0 Å². The van der Waals surface area contributed by atoms with E-state index in [4.69, 9.17) is 9.47 Å². The third-order valence-electron chi connectivity index (χ3n) is 6.08. The van der Waals surface area contributed by atoms with Crippen LogP contribution in [0.15, 0.2) is 72.8 Å². The van der Waals surface area contributed by atoms with E-state index in [-0.39, 0.29) is 5.91 Å². The van der Waals surface area contributed by atoms with Crippen LogP contribution in [0.1, 0.15) is 26.3 Å². The van der Waals surface area contributed by atoms with Crippen LogP contribution in [0.4, 0.5) is 5.69 Å². The summed E-state index contributed by atoms with van der Waals surface area (Å²) in [6.07, 6.45) is 0.338. The summed E-state index contributed by atoms with van der Waals surface area (Å²) >= 11 is 0. The summed E-state index contributed by atoms with van der Waals surface area (Å²) < 4.78 is 11.5. The van der Waals surface area contributed by atoms with Crippen LogP contribution < -0.4 is 14.4 Å². The fourth-order valence-electron chi connectivity index (χ4n) is 3.72. The highest BCUT2D eigenvalue weighted by Gasteiger charge is 2.17. The van der Waals surface area contributed by atoms with Crippen molar-refractivity contribution in [1.29, 1.82) is 0 Å².